The third-order valence-corrected chi connectivity index (χ3v) is 3.63. The normalized spacial score (nSPS) is 25.4. The van der Waals surface area contributed by atoms with Gasteiger partial charge in [-0.2, -0.15) is 0 Å². The molecule has 49 valence electrons. The lowest BCUT2D eigenvalue weighted by Gasteiger charge is -2.14. The summed E-state index contributed by atoms with van der Waals surface area (Å²) in [5, 5.41) is 0. The summed E-state index contributed by atoms with van der Waals surface area (Å²) >= 11 is 0. The van der Waals surface area contributed by atoms with Crippen LogP contribution in [0.2, 0.25) is 18.6 Å². The fourth-order valence-corrected chi connectivity index (χ4v) is 2.11. The maximum atomic E-state index is 2.37. The van der Waals surface area contributed by atoms with Crippen molar-refractivity contribution in [1.82, 2.24) is 0 Å². The average Bonchev–Trinajstić information content (AvgIpc) is 1.90. The Balaban J connectivity index is 2.46. The average molecular weight is 137 g/mol. The summed E-state index contributed by atoms with van der Waals surface area (Å²) in [5.41, 5.74) is 0.889. The predicted molar refractivity (Wildman–Crippen MR) is 44.1 cm³/mol. The molecule has 0 fully saturated rings. The molecular weight excluding hydrogens is 124 g/mol. The Morgan fingerprint density at radius 1 is 1.33 bits per heavy atom. The summed E-state index contributed by atoms with van der Waals surface area (Å²) in [5.74, 6) is 0. The Bertz CT molecular complexity index is 134. The van der Waals surface area contributed by atoms with Crippen LogP contribution >= 0.6 is 0 Å². The molecule has 1 radical (unpaired) electrons. The molecule has 0 saturated heterocycles. The summed E-state index contributed by atoms with van der Waals surface area (Å²) in [6, 6.07) is 0. The van der Waals surface area contributed by atoms with Crippen LogP contribution in [-0.4, -0.2) is 8.80 Å². The summed E-state index contributed by atoms with van der Waals surface area (Å²) < 4.78 is 0. The van der Waals surface area contributed by atoms with Gasteiger partial charge >= 0.3 is 0 Å². The Labute approximate surface area is 58.9 Å². The van der Waals surface area contributed by atoms with Crippen molar-refractivity contribution in [2.45, 2.75) is 25.1 Å². The SMILES string of the molecule is C[Si](C)C1C=CC=CC1. The van der Waals surface area contributed by atoms with Crippen molar-refractivity contribution >= 4 is 8.80 Å². The van der Waals surface area contributed by atoms with E-state index in [-0.39, 0.29) is 8.80 Å². The van der Waals surface area contributed by atoms with Crippen LogP contribution < -0.4 is 0 Å². The molecule has 0 heterocycles. The first-order valence-electron chi connectivity index (χ1n) is 3.44. The van der Waals surface area contributed by atoms with Crippen molar-refractivity contribution in [1.29, 1.82) is 0 Å². The van der Waals surface area contributed by atoms with Gasteiger partial charge < -0.3 is 0 Å². The smallest absolute Gasteiger partial charge is 0.0493 e. The van der Waals surface area contributed by atoms with E-state index in [0.29, 0.717) is 0 Å². The van der Waals surface area contributed by atoms with E-state index < -0.39 is 0 Å². The second-order valence-corrected chi connectivity index (χ2v) is 5.63. The largest absolute Gasteiger partial charge is 0.0843 e. The van der Waals surface area contributed by atoms with Gasteiger partial charge in [-0.05, 0) is 12.0 Å². The molecule has 0 aromatic rings. The van der Waals surface area contributed by atoms with Crippen molar-refractivity contribution < 1.29 is 0 Å². The van der Waals surface area contributed by atoms with Gasteiger partial charge in [0.2, 0.25) is 0 Å². The molecule has 1 aliphatic rings. The van der Waals surface area contributed by atoms with Crippen LogP contribution in [0.4, 0.5) is 0 Å². The fourth-order valence-electron chi connectivity index (χ4n) is 1.01. The molecular formula is C8H13Si. The molecule has 0 saturated carbocycles. The van der Waals surface area contributed by atoms with Crippen LogP contribution in [0.1, 0.15) is 6.42 Å². The van der Waals surface area contributed by atoms with Crippen LogP contribution in [0, 0.1) is 0 Å². The Kier molecular flexibility index (Phi) is 2.28. The number of hydrogen-bond donors (Lipinski definition) is 0. The van der Waals surface area contributed by atoms with Gasteiger partial charge in [0.25, 0.3) is 0 Å². The molecule has 9 heavy (non-hydrogen) atoms. The second kappa shape index (κ2) is 3.02. The lowest BCUT2D eigenvalue weighted by Crippen LogP contribution is -2.09. The maximum absolute atomic E-state index is 2.37. The number of hydrogen-bond acceptors (Lipinski definition) is 0. The van der Waals surface area contributed by atoms with E-state index in [1.165, 1.54) is 6.42 Å². The highest BCUT2D eigenvalue weighted by Gasteiger charge is 2.09. The van der Waals surface area contributed by atoms with Gasteiger partial charge in [0.1, 0.15) is 0 Å². The first kappa shape index (κ1) is 6.81. The minimum atomic E-state index is -0.0733. The highest BCUT2D eigenvalue weighted by Crippen LogP contribution is 2.20. The first-order chi connectivity index (χ1) is 4.30. The molecule has 0 amide bonds. The third kappa shape index (κ3) is 1.83. The molecule has 0 aromatic carbocycles. The summed E-state index contributed by atoms with van der Waals surface area (Å²) in [4.78, 5) is 0. The number of rotatable bonds is 1. The quantitative estimate of drug-likeness (QED) is 0.487. The highest BCUT2D eigenvalue weighted by molar-refractivity contribution is 6.58. The van der Waals surface area contributed by atoms with Gasteiger partial charge in [-0.1, -0.05) is 37.4 Å². The predicted octanol–water partition coefficient (Wildman–Crippen LogP) is 2.63. The summed E-state index contributed by atoms with van der Waals surface area (Å²) in [7, 11) is -0.0733. The minimum Gasteiger partial charge on any atom is -0.0843 e. The maximum Gasteiger partial charge on any atom is 0.0493 e. The van der Waals surface area contributed by atoms with E-state index in [1.807, 2.05) is 0 Å². The Hall–Kier alpha value is -0.303. The molecule has 0 aliphatic heterocycles. The van der Waals surface area contributed by atoms with Crippen LogP contribution in [0.25, 0.3) is 0 Å². The van der Waals surface area contributed by atoms with E-state index in [9.17, 15) is 0 Å². The molecule has 1 aliphatic carbocycles. The standard InChI is InChI=1S/C8H13Si/c1-9(2)8-6-4-3-5-7-8/h3-6,8H,7H2,1-2H3. The van der Waals surface area contributed by atoms with Crippen molar-refractivity contribution in [2.24, 2.45) is 0 Å². The highest BCUT2D eigenvalue weighted by atomic mass is 28.3. The minimum absolute atomic E-state index is 0.0733. The van der Waals surface area contributed by atoms with Gasteiger partial charge in [-0.25, -0.2) is 0 Å². The molecule has 1 atom stereocenters. The molecule has 0 nitrogen and oxygen atoms in total. The van der Waals surface area contributed by atoms with Crippen molar-refractivity contribution in [3.05, 3.63) is 24.3 Å². The fraction of sp³-hybridized carbons (Fsp3) is 0.500. The van der Waals surface area contributed by atoms with Gasteiger partial charge in [-0.15, -0.1) is 0 Å². The molecule has 0 aromatic heterocycles. The lowest BCUT2D eigenvalue weighted by molar-refractivity contribution is 1.00. The van der Waals surface area contributed by atoms with Crippen molar-refractivity contribution in [3.8, 4) is 0 Å². The van der Waals surface area contributed by atoms with Gasteiger partial charge in [0.15, 0.2) is 0 Å². The zero-order valence-electron chi connectivity index (χ0n) is 6.09. The molecule has 1 heteroatoms. The van der Waals surface area contributed by atoms with Gasteiger partial charge in [0.05, 0.1) is 0 Å². The first-order valence-corrected chi connectivity index (χ1v) is 6.02. The van der Waals surface area contributed by atoms with E-state index in [1.54, 1.807) is 0 Å². The summed E-state index contributed by atoms with van der Waals surface area (Å²) in [6.07, 6.45) is 10.2. The molecule has 1 rings (SSSR count). The van der Waals surface area contributed by atoms with Crippen molar-refractivity contribution in [2.75, 3.05) is 0 Å². The number of allylic oxidation sites excluding steroid dienone is 4. The Morgan fingerprint density at radius 3 is 2.44 bits per heavy atom. The van der Waals surface area contributed by atoms with Gasteiger partial charge in [0, 0.05) is 8.80 Å². The van der Waals surface area contributed by atoms with Gasteiger partial charge in [-0.3, -0.25) is 0 Å². The van der Waals surface area contributed by atoms with Crippen molar-refractivity contribution in [3.63, 3.8) is 0 Å². The molecule has 0 N–H and O–H groups in total. The zero-order valence-corrected chi connectivity index (χ0v) is 7.09. The van der Waals surface area contributed by atoms with E-state index in [4.69, 9.17) is 0 Å². The zero-order chi connectivity index (χ0) is 6.69. The molecule has 0 bridgehead atoms. The van der Waals surface area contributed by atoms with E-state index in [2.05, 4.69) is 37.4 Å². The third-order valence-electron chi connectivity index (χ3n) is 1.72. The topological polar surface area (TPSA) is 0 Å². The second-order valence-electron chi connectivity index (χ2n) is 2.73. The van der Waals surface area contributed by atoms with Crippen LogP contribution in [-0.2, 0) is 0 Å². The van der Waals surface area contributed by atoms with E-state index in [0.717, 1.165) is 5.54 Å². The van der Waals surface area contributed by atoms with Crippen LogP contribution in [0.5, 0.6) is 0 Å². The Morgan fingerprint density at radius 2 is 2.11 bits per heavy atom. The molecule has 0 spiro atoms. The lowest BCUT2D eigenvalue weighted by atomic mass is 10.2. The van der Waals surface area contributed by atoms with E-state index >= 15 is 0 Å². The monoisotopic (exact) mass is 137 g/mol. The molecule has 1 unspecified atom stereocenters. The van der Waals surface area contributed by atoms with Crippen LogP contribution in [0.15, 0.2) is 24.3 Å². The summed E-state index contributed by atoms with van der Waals surface area (Å²) in [6.45, 7) is 4.75. The van der Waals surface area contributed by atoms with Crippen LogP contribution in [0.3, 0.4) is 0 Å².